The second kappa shape index (κ2) is 14.3. The van der Waals surface area contributed by atoms with E-state index in [1.54, 1.807) is 0 Å². The van der Waals surface area contributed by atoms with E-state index in [2.05, 4.69) is 15.5 Å². The molecule has 0 radical (unpaired) electrons. The highest BCUT2D eigenvalue weighted by molar-refractivity contribution is 5.89. The number of nitrogens with zero attached hydrogens (tertiary/aromatic N) is 3. The molecule has 4 aliphatic rings. The lowest BCUT2D eigenvalue weighted by Gasteiger charge is -2.41. The fraction of sp³-hybridized carbons (Fsp3) is 0.742. The quantitative estimate of drug-likeness (QED) is 0.504. The summed E-state index contributed by atoms with van der Waals surface area (Å²) >= 11 is 0. The van der Waals surface area contributed by atoms with Gasteiger partial charge < -0.3 is 25.3 Å². The van der Waals surface area contributed by atoms with Crippen LogP contribution in [0.1, 0.15) is 78.6 Å². The van der Waals surface area contributed by atoms with Crippen LogP contribution in [-0.2, 0) is 9.59 Å². The second-order valence-electron chi connectivity index (χ2n) is 11.6. The molecule has 0 aromatic heterocycles. The van der Waals surface area contributed by atoms with Gasteiger partial charge in [0.1, 0.15) is 6.04 Å². The van der Waals surface area contributed by atoms with Crippen molar-refractivity contribution in [3.8, 4) is 0 Å². The Bertz CT molecular complexity index is 867. The summed E-state index contributed by atoms with van der Waals surface area (Å²) in [4.78, 5) is 32.2. The molecule has 3 unspecified atom stereocenters. The minimum atomic E-state index is -0.326. The molecule has 1 aromatic carbocycles. The molecule has 212 valence electrons. The van der Waals surface area contributed by atoms with Crippen LogP contribution >= 0.6 is 0 Å². The molecule has 7 nitrogen and oxygen atoms in total. The Labute approximate surface area is 230 Å². The molecule has 1 saturated carbocycles. The van der Waals surface area contributed by atoms with E-state index < -0.39 is 0 Å². The van der Waals surface area contributed by atoms with Crippen molar-refractivity contribution in [3.05, 3.63) is 24.3 Å². The lowest BCUT2D eigenvalue weighted by molar-refractivity contribution is -0.130. The monoisotopic (exact) mass is 525 g/mol. The summed E-state index contributed by atoms with van der Waals surface area (Å²) in [5.74, 6) is 1.34. The molecule has 5 rings (SSSR count). The lowest BCUT2D eigenvalue weighted by Crippen LogP contribution is -2.48. The minimum Gasteiger partial charge on any atom is -0.372 e. The lowest BCUT2D eigenvalue weighted by atomic mass is 9.93. The van der Waals surface area contributed by atoms with Gasteiger partial charge >= 0.3 is 0 Å². The number of nitrogens with one attached hydrogen (secondary N) is 2. The summed E-state index contributed by atoms with van der Waals surface area (Å²) in [6.07, 6.45) is 12.5. The molecule has 4 fully saturated rings. The molecule has 3 aliphatic heterocycles. The van der Waals surface area contributed by atoms with Gasteiger partial charge in [0.15, 0.2) is 0 Å². The number of amides is 2. The largest absolute Gasteiger partial charge is 0.372 e. The molecule has 7 heteroatoms. The van der Waals surface area contributed by atoms with Gasteiger partial charge in [-0.25, -0.2) is 0 Å². The molecule has 1 aliphatic carbocycles. The van der Waals surface area contributed by atoms with E-state index in [9.17, 15) is 9.59 Å². The molecule has 0 bridgehead atoms. The standard InChI is InChI=1S/C29H45N5O2.C2H6/c1-22(29(36)33-19-23-17-30-18-24(23)20-33)31-27-11-7-8-12-28(27)34(21-35)26-13-15-32(16-14-26)25-9-5-3-2-4-6-10-25;1-2/h7-8,11-12,21-26,30-31H,2-6,9-10,13-20H2,1H3;1-2H3. The molecule has 3 saturated heterocycles. The maximum Gasteiger partial charge on any atom is 0.244 e. The molecule has 38 heavy (non-hydrogen) atoms. The molecule has 0 spiro atoms. The fourth-order valence-electron chi connectivity index (χ4n) is 7.09. The third kappa shape index (κ3) is 6.90. The normalized spacial score (nSPS) is 25.9. The zero-order valence-corrected chi connectivity index (χ0v) is 24.0. The average Bonchev–Trinajstić information content (AvgIpc) is 3.54. The number of benzene rings is 1. The highest BCUT2D eigenvalue weighted by atomic mass is 16.2. The van der Waals surface area contributed by atoms with Gasteiger partial charge in [-0.3, -0.25) is 9.59 Å². The van der Waals surface area contributed by atoms with Gasteiger partial charge in [-0.1, -0.05) is 58.1 Å². The van der Waals surface area contributed by atoms with Crippen LogP contribution in [0.25, 0.3) is 0 Å². The number of hydrogen-bond donors (Lipinski definition) is 2. The number of hydrogen-bond acceptors (Lipinski definition) is 5. The van der Waals surface area contributed by atoms with E-state index in [1.165, 1.54) is 44.9 Å². The Morgan fingerprint density at radius 2 is 1.58 bits per heavy atom. The van der Waals surface area contributed by atoms with Crippen LogP contribution in [0.4, 0.5) is 11.4 Å². The third-order valence-electron chi connectivity index (χ3n) is 9.22. The van der Waals surface area contributed by atoms with Gasteiger partial charge in [-0.2, -0.15) is 0 Å². The van der Waals surface area contributed by atoms with E-state index in [0.29, 0.717) is 11.8 Å². The molecule has 3 atom stereocenters. The van der Waals surface area contributed by atoms with E-state index in [1.807, 2.05) is 54.8 Å². The Morgan fingerprint density at radius 3 is 2.21 bits per heavy atom. The Hall–Kier alpha value is -2.12. The zero-order chi connectivity index (χ0) is 26.9. The molecular weight excluding hydrogens is 474 g/mol. The first-order chi connectivity index (χ1) is 18.6. The molecule has 2 amide bonds. The summed E-state index contributed by atoms with van der Waals surface area (Å²) in [5.41, 5.74) is 1.76. The Balaban J connectivity index is 0.00000164. The highest BCUT2D eigenvalue weighted by Crippen LogP contribution is 2.32. The first-order valence-corrected chi connectivity index (χ1v) is 15.5. The van der Waals surface area contributed by atoms with Gasteiger partial charge in [-0.15, -0.1) is 0 Å². The second-order valence-corrected chi connectivity index (χ2v) is 11.6. The van der Waals surface area contributed by atoms with Gasteiger partial charge in [0.25, 0.3) is 0 Å². The number of piperidine rings is 1. The summed E-state index contributed by atoms with van der Waals surface area (Å²) in [5, 5.41) is 6.90. The first-order valence-electron chi connectivity index (χ1n) is 15.5. The van der Waals surface area contributed by atoms with Crippen molar-refractivity contribution < 1.29 is 9.59 Å². The Kier molecular flexibility index (Phi) is 10.9. The van der Waals surface area contributed by atoms with E-state index in [-0.39, 0.29) is 18.0 Å². The van der Waals surface area contributed by atoms with E-state index >= 15 is 0 Å². The van der Waals surface area contributed by atoms with Gasteiger partial charge in [0, 0.05) is 51.4 Å². The number of carbonyl (C=O) groups excluding carboxylic acids is 2. The number of rotatable bonds is 7. The zero-order valence-electron chi connectivity index (χ0n) is 24.0. The summed E-state index contributed by atoms with van der Waals surface area (Å²) < 4.78 is 0. The van der Waals surface area contributed by atoms with Crippen LogP contribution in [-0.4, -0.2) is 79.5 Å². The van der Waals surface area contributed by atoms with Crippen LogP contribution < -0.4 is 15.5 Å². The minimum absolute atomic E-state index is 0.157. The van der Waals surface area contributed by atoms with Crippen molar-refractivity contribution in [1.29, 1.82) is 0 Å². The number of carbonyl (C=O) groups is 2. The van der Waals surface area contributed by atoms with E-state index in [0.717, 1.165) is 75.9 Å². The van der Waals surface area contributed by atoms with Crippen molar-refractivity contribution in [3.63, 3.8) is 0 Å². The van der Waals surface area contributed by atoms with Gasteiger partial charge in [0.2, 0.25) is 12.3 Å². The third-order valence-corrected chi connectivity index (χ3v) is 9.22. The smallest absolute Gasteiger partial charge is 0.244 e. The highest BCUT2D eigenvalue weighted by Gasteiger charge is 2.39. The average molecular weight is 526 g/mol. The number of anilines is 2. The van der Waals surface area contributed by atoms with Crippen LogP contribution in [0.15, 0.2) is 24.3 Å². The maximum absolute atomic E-state index is 13.2. The fourth-order valence-corrected chi connectivity index (χ4v) is 7.09. The number of para-hydroxylation sites is 2. The summed E-state index contributed by atoms with van der Waals surface area (Å²) in [6, 6.07) is 8.58. The van der Waals surface area contributed by atoms with Crippen molar-refractivity contribution in [2.24, 2.45) is 11.8 Å². The number of likely N-dealkylation sites (tertiary alicyclic amines) is 2. The topological polar surface area (TPSA) is 67.9 Å². The predicted molar refractivity (Wildman–Crippen MR) is 157 cm³/mol. The van der Waals surface area contributed by atoms with E-state index in [4.69, 9.17) is 0 Å². The first kappa shape index (κ1) is 28.9. The summed E-state index contributed by atoms with van der Waals surface area (Å²) in [6.45, 7) is 11.8. The van der Waals surface area contributed by atoms with Gasteiger partial charge in [0.05, 0.1) is 11.4 Å². The number of fused-ring (bicyclic) bond motifs is 1. The van der Waals surface area contributed by atoms with Crippen molar-refractivity contribution >= 4 is 23.7 Å². The van der Waals surface area contributed by atoms with Crippen molar-refractivity contribution in [2.75, 3.05) is 49.5 Å². The predicted octanol–water partition coefficient (Wildman–Crippen LogP) is 4.73. The van der Waals surface area contributed by atoms with Crippen LogP contribution in [0.5, 0.6) is 0 Å². The molecule has 1 aromatic rings. The molecule has 2 N–H and O–H groups in total. The maximum atomic E-state index is 13.2. The molecule has 3 heterocycles. The molecular formula is C31H51N5O2. The summed E-state index contributed by atoms with van der Waals surface area (Å²) in [7, 11) is 0. The Morgan fingerprint density at radius 1 is 0.974 bits per heavy atom. The van der Waals surface area contributed by atoms with Crippen LogP contribution in [0, 0.1) is 11.8 Å². The van der Waals surface area contributed by atoms with Crippen molar-refractivity contribution in [1.82, 2.24) is 15.1 Å². The van der Waals surface area contributed by atoms with Crippen molar-refractivity contribution in [2.45, 2.75) is 96.7 Å². The SMILES string of the molecule is CC.CC(Nc1ccccc1N(C=O)C1CCN(C2CCCCCCC2)CC1)C(=O)N1CC2CNCC2C1. The van der Waals surface area contributed by atoms with Crippen LogP contribution in [0.2, 0.25) is 0 Å². The van der Waals surface area contributed by atoms with Crippen LogP contribution in [0.3, 0.4) is 0 Å². The van der Waals surface area contributed by atoms with Gasteiger partial charge in [-0.05, 0) is 56.6 Å².